The Morgan fingerprint density at radius 2 is 1.85 bits per heavy atom. The molecule has 0 spiro atoms. The molecule has 1 aromatic carbocycles. The molecule has 0 N–H and O–H groups in total. The summed E-state index contributed by atoms with van der Waals surface area (Å²) in [7, 11) is -2.93. The molecule has 7 nitrogen and oxygen atoms in total. The first-order valence-corrected chi connectivity index (χ1v) is 10.1. The summed E-state index contributed by atoms with van der Waals surface area (Å²) in [6.45, 7) is 1.30. The van der Waals surface area contributed by atoms with E-state index in [0.29, 0.717) is 5.56 Å². The summed E-state index contributed by atoms with van der Waals surface area (Å²) >= 11 is 0.965. The molecule has 0 aliphatic heterocycles. The van der Waals surface area contributed by atoms with Gasteiger partial charge in [0, 0.05) is 6.54 Å². The molecular formula is C17H19NO6S2. The van der Waals surface area contributed by atoms with Gasteiger partial charge < -0.3 is 9.47 Å². The van der Waals surface area contributed by atoms with Crippen molar-refractivity contribution in [3.05, 3.63) is 52.2 Å². The van der Waals surface area contributed by atoms with E-state index in [2.05, 4.69) is 4.74 Å². The van der Waals surface area contributed by atoms with E-state index in [0.717, 1.165) is 15.6 Å². The lowest BCUT2D eigenvalue weighted by atomic mass is 10.2. The van der Waals surface area contributed by atoms with Crippen molar-refractivity contribution in [3.63, 3.8) is 0 Å². The van der Waals surface area contributed by atoms with E-state index < -0.39 is 28.5 Å². The average molecular weight is 397 g/mol. The van der Waals surface area contributed by atoms with Gasteiger partial charge in [-0.3, -0.25) is 4.79 Å². The van der Waals surface area contributed by atoms with Crippen molar-refractivity contribution in [1.29, 1.82) is 0 Å². The SMILES string of the molecule is CCOC(=O)CN(Cc1ccccc1)S(=O)(=O)c1ccsc1C(=O)OC. The maximum atomic E-state index is 13.1. The molecule has 0 bridgehead atoms. The van der Waals surface area contributed by atoms with Crippen LogP contribution in [0.5, 0.6) is 0 Å². The van der Waals surface area contributed by atoms with E-state index in [9.17, 15) is 18.0 Å². The molecule has 0 aliphatic carbocycles. The Balaban J connectivity index is 2.41. The zero-order chi connectivity index (χ0) is 19.2. The number of methoxy groups -OCH3 is 1. The van der Waals surface area contributed by atoms with Gasteiger partial charge in [-0.15, -0.1) is 11.3 Å². The van der Waals surface area contributed by atoms with Crippen LogP contribution in [0, 0.1) is 0 Å². The number of hydrogen-bond acceptors (Lipinski definition) is 7. The zero-order valence-corrected chi connectivity index (χ0v) is 16.0. The summed E-state index contributed by atoms with van der Waals surface area (Å²) < 4.78 is 36.7. The Bertz CT molecular complexity index is 860. The normalized spacial score (nSPS) is 11.3. The standard InChI is InChI=1S/C17H19NO6S2/c1-3-24-15(19)12-18(11-13-7-5-4-6-8-13)26(21,22)14-9-10-25-16(14)17(20)23-2/h4-10H,3,11-12H2,1-2H3. The number of carbonyl (C=O) groups is 2. The minimum atomic E-state index is -4.11. The van der Waals surface area contributed by atoms with Gasteiger partial charge in [0.2, 0.25) is 10.0 Å². The van der Waals surface area contributed by atoms with E-state index in [1.54, 1.807) is 31.2 Å². The molecule has 140 valence electrons. The molecule has 1 aromatic heterocycles. The van der Waals surface area contributed by atoms with Crippen LogP contribution in [0.3, 0.4) is 0 Å². The van der Waals surface area contributed by atoms with Gasteiger partial charge in [-0.25, -0.2) is 13.2 Å². The van der Waals surface area contributed by atoms with Gasteiger partial charge in [-0.05, 0) is 23.9 Å². The first-order chi connectivity index (χ1) is 12.4. The minimum Gasteiger partial charge on any atom is -0.465 e. The average Bonchev–Trinajstić information content (AvgIpc) is 3.12. The van der Waals surface area contributed by atoms with Crippen molar-refractivity contribution >= 4 is 33.3 Å². The molecular weight excluding hydrogens is 378 g/mol. The monoisotopic (exact) mass is 397 g/mol. The fraction of sp³-hybridized carbons (Fsp3) is 0.294. The number of rotatable bonds is 8. The van der Waals surface area contributed by atoms with E-state index in [1.807, 2.05) is 6.07 Å². The van der Waals surface area contributed by atoms with Gasteiger partial charge in [-0.1, -0.05) is 30.3 Å². The van der Waals surface area contributed by atoms with E-state index in [4.69, 9.17) is 4.74 Å². The third-order valence-corrected chi connectivity index (χ3v) is 6.29. The van der Waals surface area contributed by atoms with Crippen molar-refractivity contribution in [3.8, 4) is 0 Å². The quantitative estimate of drug-likeness (QED) is 0.635. The molecule has 0 fully saturated rings. The Kier molecular flexibility index (Phi) is 6.90. The Hall–Kier alpha value is -2.23. The van der Waals surface area contributed by atoms with Crippen LogP contribution in [0.4, 0.5) is 0 Å². The van der Waals surface area contributed by atoms with Gasteiger partial charge in [0.1, 0.15) is 16.3 Å². The van der Waals surface area contributed by atoms with E-state index in [1.165, 1.54) is 18.6 Å². The van der Waals surface area contributed by atoms with Gasteiger partial charge >= 0.3 is 11.9 Å². The van der Waals surface area contributed by atoms with Crippen molar-refractivity contribution in [2.45, 2.75) is 18.4 Å². The van der Waals surface area contributed by atoms with Gasteiger partial charge in [-0.2, -0.15) is 4.31 Å². The van der Waals surface area contributed by atoms with Crippen molar-refractivity contribution in [1.82, 2.24) is 4.31 Å². The number of nitrogens with zero attached hydrogens (tertiary/aromatic N) is 1. The molecule has 0 radical (unpaired) electrons. The summed E-state index contributed by atoms with van der Waals surface area (Å²) in [4.78, 5) is 23.6. The second kappa shape index (κ2) is 8.93. The molecule has 2 aromatic rings. The number of ether oxygens (including phenoxy) is 2. The Morgan fingerprint density at radius 1 is 1.15 bits per heavy atom. The summed E-state index contributed by atoms with van der Waals surface area (Å²) in [5, 5.41) is 1.49. The van der Waals surface area contributed by atoms with Crippen LogP contribution in [-0.2, 0) is 30.8 Å². The molecule has 1 heterocycles. The zero-order valence-electron chi connectivity index (χ0n) is 14.4. The highest BCUT2D eigenvalue weighted by atomic mass is 32.2. The molecule has 9 heteroatoms. The third-order valence-electron chi connectivity index (χ3n) is 3.43. The van der Waals surface area contributed by atoms with Crippen LogP contribution in [0.2, 0.25) is 0 Å². The Labute approximate surface area is 156 Å². The smallest absolute Gasteiger partial charge is 0.349 e. The predicted molar refractivity (Wildman–Crippen MR) is 96.3 cm³/mol. The highest BCUT2D eigenvalue weighted by molar-refractivity contribution is 7.89. The number of thiophene rings is 1. The maximum absolute atomic E-state index is 13.1. The van der Waals surface area contributed by atoms with Gasteiger partial charge in [0.15, 0.2) is 0 Å². The highest BCUT2D eigenvalue weighted by Crippen LogP contribution is 2.27. The van der Waals surface area contributed by atoms with Crippen LogP contribution in [0.15, 0.2) is 46.7 Å². The second-order valence-corrected chi connectivity index (χ2v) is 7.99. The van der Waals surface area contributed by atoms with Crippen LogP contribution >= 0.6 is 11.3 Å². The van der Waals surface area contributed by atoms with Crippen molar-refractivity contribution < 1.29 is 27.5 Å². The van der Waals surface area contributed by atoms with Crippen LogP contribution in [0.1, 0.15) is 22.2 Å². The van der Waals surface area contributed by atoms with E-state index in [-0.39, 0.29) is 22.9 Å². The number of carbonyl (C=O) groups excluding carboxylic acids is 2. The minimum absolute atomic E-state index is 0.0293. The summed E-state index contributed by atoms with van der Waals surface area (Å²) in [6.07, 6.45) is 0. The first kappa shape index (κ1) is 20.1. The maximum Gasteiger partial charge on any atom is 0.349 e. The van der Waals surface area contributed by atoms with Gasteiger partial charge in [0.25, 0.3) is 0 Å². The van der Waals surface area contributed by atoms with Crippen molar-refractivity contribution in [2.24, 2.45) is 0 Å². The predicted octanol–water partition coefficient (Wildman–Crippen LogP) is 2.29. The molecule has 26 heavy (non-hydrogen) atoms. The number of hydrogen-bond donors (Lipinski definition) is 0. The highest BCUT2D eigenvalue weighted by Gasteiger charge is 2.32. The molecule has 0 saturated carbocycles. The summed E-state index contributed by atoms with van der Waals surface area (Å²) in [5.74, 6) is -1.41. The second-order valence-electron chi connectivity index (χ2n) is 5.17. The fourth-order valence-corrected chi connectivity index (χ4v) is 4.93. The van der Waals surface area contributed by atoms with Crippen LogP contribution in [0.25, 0.3) is 0 Å². The molecule has 0 atom stereocenters. The van der Waals surface area contributed by atoms with Crippen LogP contribution < -0.4 is 0 Å². The first-order valence-electron chi connectivity index (χ1n) is 7.75. The van der Waals surface area contributed by atoms with Gasteiger partial charge in [0.05, 0.1) is 13.7 Å². The summed E-state index contributed by atoms with van der Waals surface area (Å²) in [5.41, 5.74) is 0.704. The largest absolute Gasteiger partial charge is 0.465 e. The summed E-state index contributed by atoms with van der Waals surface area (Å²) in [6, 6.07) is 10.2. The lowest BCUT2D eigenvalue weighted by Gasteiger charge is -2.21. The molecule has 0 saturated heterocycles. The Morgan fingerprint density at radius 3 is 2.46 bits per heavy atom. The number of esters is 2. The lowest BCUT2D eigenvalue weighted by molar-refractivity contribution is -0.143. The lowest BCUT2D eigenvalue weighted by Crippen LogP contribution is -2.36. The molecule has 2 rings (SSSR count). The topological polar surface area (TPSA) is 90.0 Å². The fourth-order valence-electron chi connectivity index (χ4n) is 2.24. The van der Waals surface area contributed by atoms with Crippen molar-refractivity contribution in [2.75, 3.05) is 20.3 Å². The molecule has 0 aliphatic rings. The number of sulfonamides is 1. The van der Waals surface area contributed by atoms with Crippen LogP contribution in [-0.4, -0.2) is 44.9 Å². The number of benzene rings is 1. The third kappa shape index (κ3) is 4.69. The molecule has 0 amide bonds. The molecule has 0 unspecified atom stereocenters. The van der Waals surface area contributed by atoms with E-state index >= 15 is 0 Å².